The summed E-state index contributed by atoms with van der Waals surface area (Å²) in [4.78, 5) is 25.3. The fraction of sp³-hybridized carbons (Fsp3) is 0.867. The van der Waals surface area contributed by atoms with Crippen molar-refractivity contribution in [1.29, 1.82) is 0 Å². The molecule has 4 heteroatoms. The molecule has 0 bridgehead atoms. The Balaban J connectivity index is 1.86. The van der Waals surface area contributed by atoms with Crippen LogP contribution in [-0.2, 0) is 9.59 Å². The summed E-state index contributed by atoms with van der Waals surface area (Å²) >= 11 is 0. The number of nitrogens with zero attached hydrogens (tertiary/aromatic N) is 1. The van der Waals surface area contributed by atoms with Crippen molar-refractivity contribution in [2.75, 3.05) is 6.54 Å². The van der Waals surface area contributed by atoms with E-state index in [0.717, 1.165) is 31.6 Å². The van der Waals surface area contributed by atoms with E-state index in [2.05, 4.69) is 0 Å². The monoisotopic (exact) mass is 267 g/mol. The summed E-state index contributed by atoms with van der Waals surface area (Å²) in [7, 11) is 0. The molecule has 19 heavy (non-hydrogen) atoms. The molecule has 0 spiro atoms. The van der Waals surface area contributed by atoms with Gasteiger partial charge in [0.1, 0.15) is 5.54 Å². The first kappa shape index (κ1) is 14.4. The maximum Gasteiger partial charge on any atom is 0.329 e. The standard InChI is InChI=1S/C15H25NO3/c1-15(14(18)19)10-2-3-11-16(15)13(17)9-5-8-12-6-4-7-12/h12H,2-11H2,1H3,(H,18,19). The first-order valence-electron chi connectivity index (χ1n) is 7.58. The molecule has 108 valence electrons. The zero-order chi connectivity index (χ0) is 13.9. The van der Waals surface area contributed by atoms with E-state index in [4.69, 9.17) is 0 Å². The normalized spacial score (nSPS) is 27.9. The second-order valence-corrected chi connectivity index (χ2v) is 6.27. The fourth-order valence-electron chi connectivity index (χ4n) is 3.20. The molecule has 2 fully saturated rings. The molecule has 2 rings (SSSR count). The number of carboxylic acid groups (broad SMARTS) is 1. The van der Waals surface area contributed by atoms with Crippen LogP contribution >= 0.6 is 0 Å². The third-order valence-electron chi connectivity index (χ3n) is 4.88. The number of likely N-dealkylation sites (tertiary alicyclic amines) is 1. The van der Waals surface area contributed by atoms with Crippen molar-refractivity contribution in [3.63, 3.8) is 0 Å². The van der Waals surface area contributed by atoms with Crippen LogP contribution in [0.3, 0.4) is 0 Å². The Morgan fingerprint density at radius 1 is 1.26 bits per heavy atom. The van der Waals surface area contributed by atoms with Crippen LogP contribution in [0.2, 0.25) is 0 Å². The van der Waals surface area contributed by atoms with Gasteiger partial charge in [0.05, 0.1) is 0 Å². The Hall–Kier alpha value is -1.06. The molecule has 1 heterocycles. The van der Waals surface area contributed by atoms with E-state index >= 15 is 0 Å². The molecule has 1 unspecified atom stereocenters. The average molecular weight is 267 g/mol. The predicted molar refractivity (Wildman–Crippen MR) is 72.8 cm³/mol. The highest BCUT2D eigenvalue weighted by Gasteiger charge is 2.43. The van der Waals surface area contributed by atoms with Crippen LogP contribution in [0.5, 0.6) is 0 Å². The van der Waals surface area contributed by atoms with Gasteiger partial charge in [-0.15, -0.1) is 0 Å². The van der Waals surface area contributed by atoms with Crippen molar-refractivity contribution in [3.8, 4) is 0 Å². The average Bonchev–Trinajstić information content (AvgIpc) is 2.32. The van der Waals surface area contributed by atoms with E-state index < -0.39 is 11.5 Å². The molecule has 1 aliphatic carbocycles. The molecule has 1 N–H and O–H groups in total. The Morgan fingerprint density at radius 3 is 2.58 bits per heavy atom. The molecule has 0 aromatic carbocycles. The van der Waals surface area contributed by atoms with E-state index in [-0.39, 0.29) is 5.91 Å². The van der Waals surface area contributed by atoms with Gasteiger partial charge in [0.2, 0.25) is 5.91 Å². The van der Waals surface area contributed by atoms with Crippen molar-refractivity contribution >= 4 is 11.9 Å². The number of carbonyl (C=O) groups excluding carboxylic acids is 1. The van der Waals surface area contributed by atoms with Gasteiger partial charge in [-0.1, -0.05) is 19.3 Å². The van der Waals surface area contributed by atoms with Crippen molar-refractivity contribution in [3.05, 3.63) is 0 Å². The zero-order valence-electron chi connectivity index (χ0n) is 11.9. The van der Waals surface area contributed by atoms with Crippen LogP contribution in [-0.4, -0.2) is 34.0 Å². The van der Waals surface area contributed by atoms with Gasteiger partial charge in [-0.2, -0.15) is 0 Å². The minimum Gasteiger partial charge on any atom is -0.480 e. The van der Waals surface area contributed by atoms with Crippen molar-refractivity contribution in [2.24, 2.45) is 5.92 Å². The lowest BCUT2D eigenvalue weighted by Gasteiger charge is -2.41. The molecule has 1 aliphatic heterocycles. The number of piperidine rings is 1. The maximum atomic E-state index is 12.3. The first-order valence-corrected chi connectivity index (χ1v) is 7.58. The van der Waals surface area contributed by atoms with E-state index in [0.29, 0.717) is 19.4 Å². The molecule has 0 aromatic heterocycles. The van der Waals surface area contributed by atoms with Crippen LogP contribution in [0, 0.1) is 5.92 Å². The Morgan fingerprint density at radius 2 is 2.00 bits per heavy atom. The van der Waals surface area contributed by atoms with E-state index in [9.17, 15) is 14.7 Å². The Kier molecular flexibility index (Phi) is 4.48. The van der Waals surface area contributed by atoms with Crippen molar-refractivity contribution in [2.45, 2.75) is 70.3 Å². The van der Waals surface area contributed by atoms with Gasteiger partial charge in [-0.3, -0.25) is 4.79 Å². The van der Waals surface area contributed by atoms with Gasteiger partial charge in [-0.05, 0) is 44.9 Å². The zero-order valence-corrected chi connectivity index (χ0v) is 11.9. The molecular weight excluding hydrogens is 242 g/mol. The van der Waals surface area contributed by atoms with Crippen molar-refractivity contribution < 1.29 is 14.7 Å². The number of rotatable bonds is 5. The molecule has 4 nitrogen and oxygen atoms in total. The second-order valence-electron chi connectivity index (χ2n) is 6.27. The molecule has 1 amide bonds. The van der Waals surface area contributed by atoms with Crippen LogP contribution in [0.4, 0.5) is 0 Å². The van der Waals surface area contributed by atoms with Gasteiger partial charge in [-0.25, -0.2) is 4.79 Å². The molecule has 0 aromatic rings. The van der Waals surface area contributed by atoms with Gasteiger partial charge >= 0.3 is 5.97 Å². The van der Waals surface area contributed by atoms with E-state index in [1.165, 1.54) is 19.3 Å². The molecule has 1 saturated carbocycles. The quantitative estimate of drug-likeness (QED) is 0.833. The van der Waals surface area contributed by atoms with Crippen LogP contribution < -0.4 is 0 Å². The Labute approximate surface area is 115 Å². The van der Waals surface area contributed by atoms with Crippen LogP contribution in [0.25, 0.3) is 0 Å². The Bertz CT molecular complexity index is 351. The molecule has 0 radical (unpaired) electrons. The number of hydrogen-bond acceptors (Lipinski definition) is 2. The van der Waals surface area contributed by atoms with Gasteiger partial charge < -0.3 is 10.0 Å². The highest BCUT2D eigenvalue weighted by Crippen LogP contribution is 2.32. The second kappa shape index (κ2) is 5.93. The maximum absolute atomic E-state index is 12.3. The summed E-state index contributed by atoms with van der Waals surface area (Å²) in [5, 5.41) is 9.38. The minimum atomic E-state index is -0.980. The number of carbonyl (C=O) groups is 2. The van der Waals surface area contributed by atoms with Gasteiger partial charge in [0.15, 0.2) is 0 Å². The number of hydrogen-bond donors (Lipinski definition) is 1. The van der Waals surface area contributed by atoms with Gasteiger partial charge in [0, 0.05) is 13.0 Å². The van der Waals surface area contributed by atoms with Crippen molar-refractivity contribution in [1.82, 2.24) is 4.90 Å². The predicted octanol–water partition coefficient (Wildman–Crippen LogP) is 2.81. The smallest absolute Gasteiger partial charge is 0.329 e. The highest BCUT2D eigenvalue weighted by molar-refractivity contribution is 5.87. The first-order chi connectivity index (χ1) is 9.04. The lowest BCUT2D eigenvalue weighted by atomic mass is 9.81. The highest BCUT2D eigenvalue weighted by atomic mass is 16.4. The van der Waals surface area contributed by atoms with Crippen LogP contribution in [0.1, 0.15) is 64.7 Å². The SMILES string of the molecule is CC1(C(=O)O)CCCCN1C(=O)CCCC1CCC1. The molecule has 1 saturated heterocycles. The summed E-state index contributed by atoms with van der Waals surface area (Å²) in [6.07, 6.45) is 8.92. The minimum absolute atomic E-state index is 0.0314. The molecule has 2 aliphatic rings. The largest absolute Gasteiger partial charge is 0.480 e. The molecule has 1 atom stereocenters. The summed E-state index contributed by atoms with van der Waals surface area (Å²) < 4.78 is 0. The summed E-state index contributed by atoms with van der Waals surface area (Å²) in [6.45, 7) is 2.30. The third kappa shape index (κ3) is 3.10. The molecular formula is C15H25NO3. The topological polar surface area (TPSA) is 57.6 Å². The van der Waals surface area contributed by atoms with Crippen LogP contribution in [0.15, 0.2) is 0 Å². The summed E-state index contributed by atoms with van der Waals surface area (Å²) in [5.74, 6) is -0.0107. The summed E-state index contributed by atoms with van der Waals surface area (Å²) in [6, 6.07) is 0. The number of carboxylic acids is 1. The lowest BCUT2D eigenvalue weighted by molar-refractivity contribution is -0.161. The lowest BCUT2D eigenvalue weighted by Crippen LogP contribution is -2.57. The van der Waals surface area contributed by atoms with E-state index in [1.54, 1.807) is 11.8 Å². The summed E-state index contributed by atoms with van der Waals surface area (Å²) in [5.41, 5.74) is -0.980. The van der Waals surface area contributed by atoms with Gasteiger partial charge in [0.25, 0.3) is 0 Å². The van der Waals surface area contributed by atoms with E-state index in [1.807, 2.05) is 0 Å². The number of aliphatic carboxylic acids is 1. The number of amides is 1. The third-order valence-corrected chi connectivity index (χ3v) is 4.88. The fourth-order valence-corrected chi connectivity index (χ4v) is 3.20.